The van der Waals surface area contributed by atoms with E-state index >= 15 is 0 Å². The Morgan fingerprint density at radius 3 is 2.73 bits per heavy atom. The van der Waals surface area contributed by atoms with Crippen LogP contribution in [0.15, 0.2) is 51.9 Å². The first-order valence-electron chi connectivity index (χ1n) is 7.53. The molecule has 2 rings (SSSR count). The van der Waals surface area contributed by atoms with Gasteiger partial charge in [0.05, 0.1) is 13.2 Å². The molecule has 124 valence electrons. The summed E-state index contributed by atoms with van der Waals surface area (Å²) >= 11 is 6.07. The zero-order chi connectivity index (χ0) is 16.8. The molecule has 0 N–H and O–H groups in total. The number of hydrogen-bond acceptors (Lipinski definition) is 3. The first-order valence-corrected chi connectivity index (χ1v) is 9.12. The normalized spacial score (nSPS) is 17.0. The van der Waals surface area contributed by atoms with Gasteiger partial charge in [-0.1, -0.05) is 50.5 Å². The van der Waals surface area contributed by atoms with Gasteiger partial charge in [-0.2, -0.15) is 0 Å². The van der Waals surface area contributed by atoms with Gasteiger partial charge in [0.2, 0.25) is 0 Å². The maximum absolute atomic E-state index is 11.3. The second kappa shape index (κ2) is 13.4. The number of alkyl halides is 1. The van der Waals surface area contributed by atoms with Crippen LogP contribution in [0.4, 0.5) is 0 Å². The van der Waals surface area contributed by atoms with Crippen LogP contribution in [0.1, 0.15) is 33.6 Å². The van der Waals surface area contributed by atoms with Crippen molar-refractivity contribution in [1.29, 1.82) is 0 Å². The Kier molecular flexibility index (Phi) is 12.6. The minimum absolute atomic E-state index is 0.0565. The summed E-state index contributed by atoms with van der Waals surface area (Å²) in [7, 11) is 0. The van der Waals surface area contributed by atoms with E-state index in [4.69, 9.17) is 4.74 Å². The molecule has 22 heavy (non-hydrogen) atoms. The van der Waals surface area contributed by atoms with Crippen LogP contribution in [0.25, 0.3) is 0 Å². The predicted molar refractivity (Wildman–Crippen MR) is 97.9 cm³/mol. The van der Waals surface area contributed by atoms with Crippen LogP contribution < -0.4 is 5.56 Å². The average Bonchev–Trinajstić information content (AvgIpc) is 3.18. The Morgan fingerprint density at radius 2 is 2.14 bits per heavy atom. The number of aromatic nitrogens is 1. The molecule has 0 saturated carbocycles. The third-order valence-corrected chi connectivity index (χ3v) is 3.54. The smallest absolute Gasteiger partial charge is 0.260 e. The molecule has 0 radical (unpaired) electrons. The molecule has 1 fully saturated rings. The number of nitrogens with zero attached hydrogens (tertiary/aromatic N) is 1. The van der Waals surface area contributed by atoms with Gasteiger partial charge in [0, 0.05) is 24.3 Å². The number of ether oxygens (including phenoxy) is 1. The molecule has 1 aromatic heterocycles. The third kappa shape index (κ3) is 7.14. The Morgan fingerprint density at radius 1 is 1.41 bits per heavy atom. The monoisotopic (exact) mass is 343 g/mol. The third-order valence-electron chi connectivity index (χ3n) is 2.70. The Balaban J connectivity index is 0.00000102. The molecule has 0 unspecified atom stereocenters. The largest absolute Gasteiger partial charge is 0.493 e. The average molecular weight is 344 g/mol. The second-order valence-corrected chi connectivity index (χ2v) is 4.93. The summed E-state index contributed by atoms with van der Waals surface area (Å²) in [6.45, 7) is 7.52. The molecule has 2 heterocycles. The van der Waals surface area contributed by atoms with Crippen LogP contribution in [0, 0.1) is 0 Å². The van der Waals surface area contributed by atoms with Crippen molar-refractivity contribution in [2.45, 2.75) is 40.2 Å². The lowest BCUT2D eigenvalue weighted by molar-refractivity contribution is 0.265. The van der Waals surface area contributed by atoms with Crippen LogP contribution in [0.5, 0.6) is 0 Å². The van der Waals surface area contributed by atoms with Gasteiger partial charge in [-0.05, 0) is 18.1 Å². The quantitative estimate of drug-likeness (QED) is 0.721. The van der Waals surface area contributed by atoms with E-state index in [9.17, 15) is 4.79 Å². The van der Waals surface area contributed by atoms with Crippen molar-refractivity contribution < 1.29 is 4.74 Å². The summed E-state index contributed by atoms with van der Waals surface area (Å²) in [5.74, 6) is 0.964. The molecule has 0 bridgehead atoms. The highest BCUT2D eigenvalue weighted by Crippen LogP contribution is 2.23. The fourth-order valence-corrected chi connectivity index (χ4v) is 2.49. The zero-order valence-electron chi connectivity index (χ0n) is 13.8. The van der Waals surface area contributed by atoms with E-state index < -0.39 is 0 Å². The van der Waals surface area contributed by atoms with E-state index in [0.29, 0.717) is 6.54 Å². The van der Waals surface area contributed by atoms with Crippen LogP contribution in [0.3, 0.4) is 0 Å². The number of allylic oxidation sites excluding steroid dienone is 5. The van der Waals surface area contributed by atoms with Gasteiger partial charge in [-0.3, -0.25) is 8.75 Å². The Bertz CT molecular complexity index is 541. The topological polar surface area (TPSA) is 31.2 Å². The van der Waals surface area contributed by atoms with Crippen molar-refractivity contribution in [2.75, 3.05) is 13.0 Å². The Labute approximate surface area is 142 Å². The molecule has 0 spiro atoms. The molecule has 1 saturated heterocycles. The summed E-state index contributed by atoms with van der Waals surface area (Å²) in [6.07, 6.45) is 11.6. The predicted octanol–water partition coefficient (Wildman–Crippen LogP) is 4.99. The molecule has 0 aliphatic carbocycles. The molecular formula is C17H26ClNO2S. The zero-order valence-corrected chi connectivity index (χ0v) is 15.4. The lowest BCUT2D eigenvalue weighted by Gasteiger charge is -1.98. The van der Waals surface area contributed by atoms with Crippen molar-refractivity contribution in [3.8, 4) is 0 Å². The lowest BCUT2D eigenvalue weighted by atomic mass is 10.1. The van der Waals surface area contributed by atoms with E-state index in [1.165, 1.54) is 23.5 Å². The van der Waals surface area contributed by atoms with Gasteiger partial charge in [0.1, 0.15) is 5.76 Å². The minimum atomic E-state index is 0.0565. The fourth-order valence-electron chi connectivity index (χ4n) is 1.83. The van der Waals surface area contributed by atoms with Crippen molar-refractivity contribution >= 4 is 23.1 Å². The second-order valence-electron chi connectivity index (χ2n) is 4.00. The SMILES string of the molecule is CC.CC/C=C1/CCO/C1=C/C=C/Cn1sccc1=O.CCl. The van der Waals surface area contributed by atoms with E-state index in [1.807, 2.05) is 32.1 Å². The molecule has 5 heteroatoms. The standard InChI is InChI=1S/C14H17NO2S.C2H6.CH3Cl/c1-2-5-12-7-10-17-13(12)6-3-4-9-15-14(16)8-11-18-15;2*1-2/h3-6,8,11H,2,7,9-10H2,1H3;1-2H3;1H3/b4-3+,12-5-,13-6+;;. The number of halogens is 1. The van der Waals surface area contributed by atoms with Gasteiger partial charge in [0.25, 0.3) is 5.56 Å². The summed E-state index contributed by atoms with van der Waals surface area (Å²) in [5.41, 5.74) is 1.34. The van der Waals surface area contributed by atoms with Crippen molar-refractivity contribution in [3.05, 3.63) is 57.4 Å². The molecule has 1 aliphatic heterocycles. The van der Waals surface area contributed by atoms with E-state index in [0.717, 1.165) is 25.2 Å². The maximum Gasteiger partial charge on any atom is 0.260 e. The van der Waals surface area contributed by atoms with Gasteiger partial charge in [-0.15, -0.1) is 11.6 Å². The van der Waals surface area contributed by atoms with Gasteiger partial charge in [-0.25, -0.2) is 0 Å². The van der Waals surface area contributed by atoms with Crippen LogP contribution >= 0.6 is 23.1 Å². The first kappa shape index (κ1) is 20.7. The molecular weight excluding hydrogens is 318 g/mol. The summed E-state index contributed by atoms with van der Waals surface area (Å²) < 4.78 is 7.26. The molecule has 1 aliphatic rings. The molecule has 1 aromatic rings. The highest BCUT2D eigenvalue weighted by atomic mass is 35.5. The minimum Gasteiger partial charge on any atom is -0.493 e. The van der Waals surface area contributed by atoms with Crippen molar-refractivity contribution in [3.63, 3.8) is 0 Å². The first-order chi connectivity index (χ1) is 10.8. The van der Waals surface area contributed by atoms with Crippen LogP contribution in [0.2, 0.25) is 0 Å². The molecule has 0 amide bonds. The fraction of sp³-hybridized carbons (Fsp3) is 0.471. The summed E-state index contributed by atoms with van der Waals surface area (Å²) in [6, 6.07) is 1.58. The van der Waals surface area contributed by atoms with Crippen molar-refractivity contribution in [1.82, 2.24) is 3.96 Å². The molecule has 3 nitrogen and oxygen atoms in total. The number of rotatable bonds is 4. The van der Waals surface area contributed by atoms with Crippen LogP contribution in [-0.2, 0) is 11.3 Å². The number of hydrogen-bond donors (Lipinski definition) is 0. The van der Waals surface area contributed by atoms with Crippen molar-refractivity contribution in [2.24, 2.45) is 0 Å². The highest BCUT2D eigenvalue weighted by Gasteiger charge is 2.12. The van der Waals surface area contributed by atoms with Gasteiger partial charge >= 0.3 is 0 Å². The summed E-state index contributed by atoms with van der Waals surface area (Å²) in [5, 5.41) is 1.80. The summed E-state index contributed by atoms with van der Waals surface area (Å²) in [4.78, 5) is 11.3. The highest BCUT2D eigenvalue weighted by molar-refractivity contribution is 7.04. The lowest BCUT2D eigenvalue weighted by Crippen LogP contribution is -2.10. The van der Waals surface area contributed by atoms with Gasteiger partial charge < -0.3 is 4.74 Å². The van der Waals surface area contributed by atoms with E-state index in [1.54, 1.807) is 15.4 Å². The van der Waals surface area contributed by atoms with E-state index in [2.05, 4.69) is 24.6 Å². The maximum atomic E-state index is 11.3. The Hall–Kier alpha value is -1.26. The van der Waals surface area contributed by atoms with E-state index in [-0.39, 0.29) is 5.56 Å². The molecule has 0 atom stereocenters. The van der Waals surface area contributed by atoms with Gasteiger partial charge in [0.15, 0.2) is 0 Å². The molecule has 0 aromatic carbocycles. The van der Waals surface area contributed by atoms with Crippen LogP contribution in [-0.4, -0.2) is 16.9 Å².